The van der Waals surface area contributed by atoms with Crippen LogP contribution in [0.5, 0.6) is 0 Å². The Labute approximate surface area is 166 Å². The number of amides is 2. The number of nitrogens with one attached hydrogen (secondary N) is 2. The molecule has 1 aliphatic heterocycles. The highest BCUT2D eigenvalue weighted by Gasteiger charge is 2.25. The minimum absolute atomic E-state index is 0.0193. The lowest BCUT2D eigenvalue weighted by molar-refractivity contribution is -0.895. The fourth-order valence-electron chi connectivity index (χ4n) is 3.12. The molecule has 2 aromatic carbocycles. The summed E-state index contributed by atoms with van der Waals surface area (Å²) in [7, 11) is 0. The molecule has 0 aliphatic carbocycles. The Morgan fingerprint density at radius 3 is 2.29 bits per heavy atom. The number of carbonyl (C=O) groups excluding carboxylic acids is 2. The molecule has 1 aliphatic rings. The van der Waals surface area contributed by atoms with Crippen LogP contribution in [0.1, 0.15) is 10.4 Å². The van der Waals surface area contributed by atoms with Gasteiger partial charge >= 0.3 is 0 Å². The van der Waals surface area contributed by atoms with Crippen molar-refractivity contribution in [2.75, 3.05) is 38.0 Å². The highest BCUT2D eigenvalue weighted by Crippen LogP contribution is 2.26. The van der Waals surface area contributed by atoms with Gasteiger partial charge in [-0.3, -0.25) is 9.59 Å². The number of piperazine rings is 1. The molecule has 0 atom stereocenters. The number of halogens is 2. The van der Waals surface area contributed by atoms with Crippen molar-refractivity contribution in [3.05, 3.63) is 60.2 Å². The number of anilines is 1. The molecule has 0 aromatic heterocycles. The maximum Gasteiger partial charge on any atom is 0.288 e. The molecule has 148 valence electrons. The standard InChI is InChI=1S/C20H21F2N3O2S/c21-20(22)28-17-8-6-16(7-9-17)23-18(26)14-24-10-12-25(13-11-24)19(27)15-4-2-1-3-5-15/h1-9,20H,10-14H2,(H,23,26)/p+1. The van der Waals surface area contributed by atoms with Crippen LogP contribution in [0, 0.1) is 0 Å². The zero-order valence-corrected chi connectivity index (χ0v) is 16.1. The maximum atomic E-state index is 12.5. The Balaban J connectivity index is 1.44. The molecule has 1 saturated heterocycles. The Kier molecular flexibility index (Phi) is 7.00. The fourth-order valence-corrected chi connectivity index (χ4v) is 3.62. The largest absolute Gasteiger partial charge is 0.327 e. The van der Waals surface area contributed by atoms with Crippen molar-refractivity contribution in [2.45, 2.75) is 10.7 Å². The summed E-state index contributed by atoms with van der Waals surface area (Å²) < 4.78 is 24.7. The summed E-state index contributed by atoms with van der Waals surface area (Å²) >= 11 is 0.473. The molecule has 1 fully saturated rings. The van der Waals surface area contributed by atoms with Gasteiger partial charge in [0, 0.05) is 16.1 Å². The zero-order valence-electron chi connectivity index (χ0n) is 15.2. The van der Waals surface area contributed by atoms with Gasteiger partial charge in [0.05, 0.1) is 26.2 Å². The van der Waals surface area contributed by atoms with Gasteiger partial charge in [-0.1, -0.05) is 30.0 Å². The van der Waals surface area contributed by atoms with Crippen molar-refractivity contribution in [2.24, 2.45) is 0 Å². The summed E-state index contributed by atoms with van der Waals surface area (Å²) in [4.78, 5) is 28.1. The minimum atomic E-state index is -2.46. The van der Waals surface area contributed by atoms with E-state index in [0.717, 1.165) is 4.90 Å². The lowest BCUT2D eigenvalue weighted by atomic mass is 10.2. The van der Waals surface area contributed by atoms with Crippen LogP contribution in [0.3, 0.4) is 0 Å². The third kappa shape index (κ3) is 5.77. The first-order valence-electron chi connectivity index (χ1n) is 9.04. The SMILES string of the molecule is O=C(C[NH+]1CCN(C(=O)c2ccccc2)CC1)Nc1ccc(SC(F)F)cc1. The highest BCUT2D eigenvalue weighted by atomic mass is 32.2. The monoisotopic (exact) mass is 406 g/mol. The first-order valence-corrected chi connectivity index (χ1v) is 9.92. The summed E-state index contributed by atoms with van der Waals surface area (Å²) in [5, 5.41) is 2.79. The van der Waals surface area contributed by atoms with Gasteiger partial charge in [0.25, 0.3) is 17.6 Å². The lowest BCUT2D eigenvalue weighted by Gasteiger charge is -2.32. The molecule has 0 bridgehead atoms. The molecule has 3 rings (SSSR count). The smallest absolute Gasteiger partial charge is 0.288 e. The average Bonchev–Trinajstić information content (AvgIpc) is 2.70. The maximum absolute atomic E-state index is 12.5. The number of nitrogens with zero attached hydrogens (tertiary/aromatic N) is 1. The second kappa shape index (κ2) is 9.66. The third-order valence-corrected chi connectivity index (χ3v) is 5.27. The molecule has 2 amide bonds. The van der Waals surface area contributed by atoms with E-state index in [9.17, 15) is 18.4 Å². The van der Waals surface area contributed by atoms with E-state index in [2.05, 4.69) is 5.32 Å². The van der Waals surface area contributed by atoms with Crippen LogP contribution >= 0.6 is 11.8 Å². The number of carbonyl (C=O) groups is 2. The van der Waals surface area contributed by atoms with E-state index in [1.54, 1.807) is 36.4 Å². The molecule has 28 heavy (non-hydrogen) atoms. The number of hydrogen-bond acceptors (Lipinski definition) is 3. The number of thioether (sulfide) groups is 1. The van der Waals surface area contributed by atoms with Crippen molar-refractivity contribution >= 4 is 29.3 Å². The summed E-state index contributed by atoms with van der Waals surface area (Å²) in [6.07, 6.45) is 0. The summed E-state index contributed by atoms with van der Waals surface area (Å²) in [5.74, 6) is -2.57. The van der Waals surface area contributed by atoms with Crippen LogP contribution in [-0.4, -0.2) is 55.2 Å². The molecule has 1 heterocycles. The normalized spacial score (nSPS) is 14.9. The first kappa shape index (κ1) is 20.3. The van der Waals surface area contributed by atoms with Gasteiger partial charge in [0.1, 0.15) is 0 Å². The van der Waals surface area contributed by atoms with Crippen LogP contribution < -0.4 is 10.2 Å². The molecule has 0 saturated carbocycles. The predicted molar refractivity (Wildman–Crippen MR) is 105 cm³/mol. The van der Waals surface area contributed by atoms with Gasteiger partial charge in [-0.2, -0.15) is 8.78 Å². The van der Waals surface area contributed by atoms with Crippen LogP contribution in [0.15, 0.2) is 59.5 Å². The van der Waals surface area contributed by atoms with Crippen molar-refractivity contribution in [3.63, 3.8) is 0 Å². The van der Waals surface area contributed by atoms with Gasteiger partial charge in [0.15, 0.2) is 6.54 Å². The second-order valence-electron chi connectivity index (χ2n) is 6.54. The Morgan fingerprint density at radius 1 is 1.04 bits per heavy atom. The number of rotatable bonds is 6. The van der Waals surface area contributed by atoms with Gasteiger partial charge in [0.2, 0.25) is 0 Å². The molecule has 2 N–H and O–H groups in total. The number of hydrogen-bond donors (Lipinski definition) is 2. The zero-order chi connectivity index (χ0) is 19.9. The quantitative estimate of drug-likeness (QED) is 0.722. The second-order valence-corrected chi connectivity index (χ2v) is 7.60. The van der Waals surface area contributed by atoms with E-state index >= 15 is 0 Å². The number of alkyl halides is 2. The molecule has 0 spiro atoms. The number of benzene rings is 2. The van der Waals surface area contributed by atoms with E-state index in [4.69, 9.17) is 0 Å². The summed E-state index contributed by atoms with van der Waals surface area (Å²) in [6.45, 7) is 2.93. The van der Waals surface area contributed by atoms with Crippen LogP contribution in [0.25, 0.3) is 0 Å². The highest BCUT2D eigenvalue weighted by molar-refractivity contribution is 7.99. The molecular weight excluding hydrogens is 384 g/mol. The molecule has 5 nitrogen and oxygen atoms in total. The van der Waals surface area contributed by atoms with Crippen LogP contribution in [0.4, 0.5) is 14.5 Å². The summed E-state index contributed by atoms with van der Waals surface area (Å²) in [6, 6.07) is 15.5. The topological polar surface area (TPSA) is 53.9 Å². The van der Waals surface area contributed by atoms with Gasteiger partial charge < -0.3 is 15.1 Å². The molecular formula is C20H22F2N3O2S+. The first-order chi connectivity index (χ1) is 13.5. The Hall–Kier alpha value is -2.45. The van der Waals surface area contributed by atoms with E-state index in [1.807, 2.05) is 23.1 Å². The van der Waals surface area contributed by atoms with Crippen molar-refractivity contribution in [3.8, 4) is 0 Å². The van der Waals surface area contributed by atoms with Gasteiger partial charge in [-0.15, -0.1) is 0 Å². The van der Waals surface area contributed by atoms with E-state index in [0.29, 0.717) is 60.6 Å². The van der Waals surface area contributed by atoms with E-state index < -0.39 is 5.76 Å². The van der Waals surface area contributed by atoms with Crippen LogP contribution in [0.2, 0.25) is 0 Å². The van der Waals surface area contributed by atoms with E-state index in [-0.39, 0.29) is 11.8 Å². The van der Waals surface area contributed by atoms with Crippen molar-refractivity contribution < 1.29 is 23.3 Å². The molecule has 0 radical (unpaired) electrons. The fraction of sp³-hybridized carbons (Fsp3) is 0.300. The third-order valence-electron chi connectivity index (χ3n) is 4.55. The minimum Gasteiger partial charge on any atom is -0.327 e. The Bertz CT molecular complexity index is 795. The molecule has 0 unspecified atom stereocenters. The molecule has 8 heteroatoms. The predicted octanol–water partition coefficient (Wildman–Crippen LogP) is 1.98. The Morgan fingerprint density at radius 2 is 1.68 bits per heavy atom. The van der Waals surface area contributed by atoms with E-state index in [1.165, 1.54) is 0 Å². The van der Waals surface area contributed by atoms with Gasteiger partial charge in [-0.25, -0.2) is 0 Å². The summed E-state index contributed by atoms with van der Waals surface area (Å²) in [5.41, 5.74) is 1.26. The lowest BCUT2D eigenvalue weighted by Crippen LogP contribution is -3.15. The number of quaternary nitrogens is 1. The average molecular weight is 406 g/mol. The van der Waals surface area contributed by atoms with Crippen LogP contribution in [-0.2, 0) is 4.79 Å². The molecule has 2 aromatic rings. The van der Waals surface area contributed by atoms with Crippen molar-refractivity contribution in [1.82, 2.24) is 4.90 Å². The van der Waals surface area contributed by atoms with Gasteiger partial charge in [-0.05, 0) is 36.4 Å². The van der Waals surface area contributed by atoms with Crippen molar-refractivity contribution in [1.29, 1.82) is 0 Å².